The molecule has 0 aromatic heterocycles. The van der Waals surface area contributed by atoms with E-state index in [9.17, 15) is 14.7 Å². The quantitative estimate of drug-likeness (QED) is 0.279. The van der Waals surface area contributed by atoms with E-state index in [-0.39, 0.29) is 30.4 Å². The van der Waals surface area contributed by atoms with E-state index in [0.717, 1.165) is 14.3 Å². The van der Waals surface area contributed by atoms with Crippen molar-refractivity contribution in [2.75, 3.05) is 5.32 Å². The Balaban J connectivity index is 1.52. The van der Waals surface area contributed by atoms with Gasteiger partial charge in [-0.3, -0.25) is 9.59 Å². The van der Waals surface area contributed by atoms with Gasteiger partial charge >= 0.3 is 0 Å². The number of halogens is 1. The fourth-order valence-electron chi connectivity index (χ4n) is 2.63. The van der Waals surface area contributed by atoms with Gasteiger partial charge in [-0.2, -0.15) is 5.10 Å². The molecule has 0 aliphatic rings. The highest BCUT2D eigenvalue weighted by Crippen LogP contribution is 2.25. The number of carbonyl (C=O) groups excluding carboxylic acids is 2. The number of aromatic hydroxyl groups is 1. The summed E-state index contributed by atoms with van der Waals surface area (Å²) in [6.07, 6.45) is 1.46. The van der Waals surface area contributed by atoms with Crippen molar-refractivity contribution >= 4 is 57.1 Å². The maximum atomic E-state index is 11.9. The van der Waals surface area contributed by atoms with Crippen LogP contribution in [0.4, 0.5) is 5.69 Å². The minimum absolute atomic E-state index is 0.00899. The molecule has 0 bridgehead atoms. The third kappa shape index (κ3) is 5.29. The van der Waals surface area contributed by atoms with Crippen LogP contribution in [-0.4, -0.2) is 23.1 Å². The van der Waals surface area contributed by atoms with E-state index < -0.39 is 0 Å². The first-order valence-electron chi connectivity index (χ1n) is 8.61. The number of anilines is 1. The number of amides is 2. The molecule has 0 spiro atoms. The van der Waals surface area contributed by atoms with E-state index in [2.05, 4.69) is 38.4 Å². The van der Waals surface area contributed by atoms with Gasteiger partial charge in [-0.15, -0.1) is 0 Å². The number of fused-ring (bicyclic) bond motifs is 1. The number of rotatable bonds is 6. The molecule has 0 aliphatic heterocycles. The molecule has 28 heavy (non-hydrogen) atoms. The number of nitrogens with one attached hydrogen (secondary N) is 2. The normalized spacial score (nSPS) is 10.9. The van der Waals surface area contributed by atoms with Crippen LogP contribution in [0.25, 0.3) is 10.8 Å². The highest BCUT2D eigenvalue weighted by molar-refractivity contribution is 14.1. The Labute approximate surface area is 175 Å². The second-order valence-electron chi connectivity index (χ2n) is 6.07. The summed E-state index contributed by atoms with van der Waals surface area (Å²) in [6, 6.07) is 18.4. The number of carbonyl (C=O) groups is 2. The zero-order valence-corrected chi connectivity index (χ0v) is 17.0. The van der Waals surface area contributed by atoms with Crippen LogP contribution in [0.3, 0.4) is 0 Å². The monoisotopic (exact) mass is 487 g/mol. The molecule has 0 unspecified atom stereocenters. The molecule has 0 aliphatic carbocycles. The number of hydrogen-bond donors (Lipinski definition) is 3. The van der Waals surface area contributed by atoms with E-state index in [4.69, 9.17) is 0 Å². The van der Waals surface area contributed by atoms with Crippen molar-refractivity contribution in [2.45, 2.75) is 12.8 Å². The fraction of sp³-hybridized carbons (Fsp3) is 0.0952. The van der Waals surface area contributed by atoms with Gasteiger partial charge in [0.1, 0.15) is 5.75 Å². The molecule has 0 heterocycles. The fourth-order valence-corrected chi connectivity index (χ4v) is 2.99. The SMILES string of the molecule is O=C(CCC(=O)Nc1ccc(I)cc1)NN=Cc1c(O)ccc2ccccc12. The van der Waals surface area contributed by atoms with Crippen LogP contribution in [0.1, 0.15) is 18.4 Å². The molecule has 142 valence electrons. The smallest absolute Gasteiger partial charge is 0.240 e. The summed E-state index contributed by atoms with van der Waals surface area (Å²) < 4.78 is 1.07. The lowest BCUT2D eigenvalue weighted by atomic mass is 10.0. The van der Waals surface area contributed by atoms with Crippen molar-refractivity contribution in [3.8, 4) is 5.75 Å². The number of benzene rings is 3. The molecule has 0 atom stereocenters. The number of hydrogen-bond acceptors (Lipinski definition) is 4. The molecule has 3 aromatic rings. The van der Waals surface area contributed by atoms with Crippen molar-refractivity contribution in [3.05, 3.63) is 69.8 Å². The van der Waals surface area contributed by atoms with Crippen LogP contribution < -0.4 is 10.7 Å². The van der Waals surface area contributed by atoms with Crippen molar-refractivity contribution in [1.82, 2.24) is 5.43 Å². The molecule has 0 fully saturated rings. The third-order valence-electron chi connectivity index (χ3n) is 4.04. The lowest BCUT2D eigenvalue weighted by molar-refractivity contribution is -0.124. The summed E-state index contributed by atoms with van der Waals surface area (Å²) in [4.78, 5) is 23.8. The van der Waals surface area contributed by atoms with E-state index in [0.29, 0.717) is 11.3 Å². The Hall–Kier alpha value is -2.94. The zero-order valence-electron chi connectivity index (χ0n) is 14.9. The Kier molecular flexibility index (Phi) is 6.59. The van der Waals surface area contributed by atoms with Gasteiger partial charge in [0, 0.05) is 27.7 Å². The molecule has 0 saturated carbocycles. The molecular weight excluding hydrogens is 469 g/mol. The summed E-state index contributed by atoms with van der Waals surface area (Å²) in [6.45, 7) is 0. The Morgan fingerprint density at radius 2 is 1.68 bits per heavy atom. The van der Waals surface area contributed by atoms with Gasteiger partial charge in [0.2, 0.25) is 11.8 Å². The number of hydrazone groups is 1. The van der Waals surface area contributed by atoms with E-state index >= 15 is 0 Å². The Morgan fingerprint density at radius 1 is 0.964 bits per heavy atom. The van der Waals surface area contributed by atoms with Gasteiger partial charge in [-0.1, -0.05) is 30.3 Å². The number of phenols is 1. The van der Waals surface area contributed by atoms with Gasteiger partial charge in [-0.25, -0.2) is 5.43 Å². The summed E-state index contributed by atoms with van der Waals surface area (Å²) in [7, 11) is 0. The van der Waals surface area contributed by atoms with Crippen LogP contribution >= 0.6 is 22.6 Å². The van der Waals surface area contributed by atoms with Crippen LogP contribution in [0, 0.1) is 3.57 Å². The highest BCUT2D eigenvalue weighted by Gasteiger charge is 2.08. The first kappa shape index (κ1) is 19.8. The predicted molar refractivity (Wildman–Crippen MR) is 118 cm³/mol. The molecular formula is C21H18IN3O3. The second kappa shape index (κ2) is 9.32. The van der Waals surface area contributed by atoms with Gasteiger partial charge in [0.15, 0.2) is 0 Å². The first-order valence-corrected chi connectivity index (χ1v) is 9.69. The summed E-state index contributed by atoms with van der Waals surface area (Å²) in [5.41, 5.74) is 3.60. The zero-order chi connectivity index (χ0) is 19.9. The maximum Gasteiger partial charge on any atom is 0.240 e. The van der Waals surface area contributed by atoms with Crippen LogP contribution in [0.2, 0.25) is 0 Å². The van der Waals surface area contributed by atoms with Crippen LogP contribution in [0.15, 0.2) is 65.8 Å². The lowest BCUT2D eigenvalue weighted by Gasteiger charge is -2.06. The Morgan fingerprint density at radius 3 is 2.46 bits per heavy atom. The topological polar surface area (TPSA) is 90.8 Å². The molecule has 3 N–H and O–H groups in total. The van der Waals surface area contributed by atoms with Crippen molar-refractivity contribution < 1.29 is 14.7 Å². The minimum atomic E-state index is -0.381. The summed E-state index contributed by atoms with van der Waals surface area (Å²) in [5.74, 6) is -0.547. The molecule has 0 saturated heterocycles. The Bertz CT molecular complexity index is 1030. The average molecular weight is 487 g/mol. The average Bonchev–Trinajstić information content (AvgIpc) is 2.70. The number of phenolic OH excluding ortho intramolecular Hbond substituents is 1. The molecule has 3 rings (SSSR count). The van der Waals surface area contributed by atoms with E-state index in [1.165, 1.54) is 6.21 Å². The van der Waals surface area contributed by atoms with Gasteiger partial charge < -0.3 is 10.4 Å². The summed E-state index contributed by atoms with van der Waals surface area (Å²) in [5, 5.41) is 18.5. The van der Waals surface area contributed by atoms with Crippen molar-refractivity contribution in [1.29, 1.82) is 0 Å². The van der Waals surface area contributed by atoms with E-state index in [1.54, 1.807) is 18.2 Å². The summed E-state index contributed by atoms with van der Waals surface area (Å²) >= 11 is 2.18. The molecule has 3 aromatic carbocycles. The molecule has 6 nitrogen and oxygen atoms in total. The second-order valence-corrected chi connectivity index (χ2v) is 7.31. The standard InChI is InChI=1S/C21H18IN3O3/c22-15-6-8-16(9-7-15)24-20(27)11-12-21(28)25-23-13-18-17-4-2-1-3-14(17)5-10-19(18)26/h1-10,13,26H,11-12H2,(H,24,27)(H,25,28). The van der Waals surface area contributed by atoms with Crippen LogP contribution in [0.5, 0.6) is 5.75 Å². The largest absolute Gasteiger partial charge is 0.507 e. The highest BCUT2D eigenvalue weighted by atomic mass is 127. The first-order chi connectivity index (χ1) is 13.5. The van der Waals surface area contributed by atoms with Crippen molar-refractivity contribution in [3.63, 3.8) is 0 Å². The van der Waals surface area contributed by atoms with Crippen molar-refractivity contribution in [2.24, 2.45) is 5.10 Å². The van der Waals surface area contributed by atoms with Gasteiger partial charge in [-0.05, 0) is 63.7 Å². The number of nitrogens with zero attached hydrogens (tertiary/aromatic N) is 1. The van der Waals surface area contributed by atoms with Crippen LogP contribution in [-0.2, 0) is 9.59 Å². The van der Waals surface area contributed by atoms with Gasteiger partial charge in [0.25, 0.3) is 0 Å². The van der Waals surface area contributed by atoms with E-state index in [1.807, 2.05) is 42.5 Å². The third-order valence-corrected chi connectivity index (χ3v) is 4.76. The maximum absolute atomic E-state index is 11.9. The predicted octanol–water partition coefficient (Wildman–Crippen LogP) is 4.02. The molecule has 7 heteroatoms. The lowest BCUT2D eigenvalue weighted by Crippen LogP contribution is -2.20. The minimum Gasteiger partial charge on any atom is -0.507 e. The molecule has 0 radical (unpaired) electrons. The molecule has 2 amide bonds. The van der Waals surface area contributed by atoms with Gasteiger partial charge in [0.05, 0.1) is 6.21 Å².